The summed E-state index contributed by atoms with van der Waals surface area (Å²) in [4.78, 5) is 11.5. The Bertz CT molecular complexity index is 371. The van der Waals surface area contributed by atoms with Crippen LogP contribution in [0.4, 0.5) is 0 Å². The van der Waals surface area contributed by atoms with Crippen LogP contribution in [0.2, 0.25) is 0 Å². The Balaban J connectivity index is 2.07. The average Bonchev–Trinajstić information content (AvgIpc) is 2.36. The molecule has 0 saturated carbocycles. The van der Waals surface area contributed by atoms with E-state index in [1.165, 1.54) is 11.1 Å². The van der Waals surface area contributed by atoms with Gasteiger partial charge in [0.05, 0.1) is 0 Å². The fraction of sp³-hybridized carbons (Fsp3) is 0.562. The van der Waals surface area contributed by atoms with Gasteiger partial charge < -0.3 is 11.1 Å². The lowest BCUT2D eigenvalue weighted by Crippen LogP contribution is -2.28. The minimum atomic E-state index is 0.143. The topological polar surface area (TPSA) is 55.1 Å². The van der Waals surface area contributed by atoms with E-state index in [1.807, 2.05) is 6.92 Å². The highest BCUT2D eigenvalue weighted by molar-refractivity contribution is 5.75. The Hall–Kier alpha value is -1.35. The monoisotopic (exact) mass is 262 g/mol. The van der Waals surface area contributed by atoms with Gasteiger partial charge in [-0.15, -0.1) is 0 Å². The second kappa shape index (κ2) is 8.70. The van der Waals surface area contributed by atoms with E-state index in [-0.39, 0.29) is 11.9 Å². The molecule has 1 unspecified atom stereocenters. The third kappa shape index (κ3) is 7.62. The quantitative estimate of drug-likeness (QED) is 0.707. The Morgan fingerprint density at radius 2 is 1.95 bits per heavy atom. The van der Waals surface area contributed by atoms with Crippen molar-refractivity contribution in [2.75, 3.05) is 6.54 Å². The van der Waals surface area contributed by atoms with E-state index in [2.05, 4.69) is 36.5 Å². The van der Waals surface area contributed by atoms with E-state index in [4.69, 9.17) is 5.73 Å². The van der Waals surface area contributed by atoms with Crippen LogP contribution < -0.4 is 11.1 Å². The largest absolute Gasteiger partial charge is 0.356 e. The number of amides is 1. The number of hydrogen-bond donors (Lipinski definition) is 2. The average molecular weight is 262 g/mol. The molecule has 1 aromatic carbocycles. The normalized spacial score (nSPS) is 12.2. The van der Waals surface area contributed by atoms with Crippen molar-refractivity contribution < 1.29 is 4.79 Å². The Morgan fingerprint density at radius 3 is 2.58 bits per heavy atom. The summed E-state index contributed by atoms with van der Waals surface area (Å²) in [6.45, 7) is 4.73. The van der Waals surface area contributed by atoms with Gasteiger partial charge >= 0.3 is 0 Å². The highest BCUT2D eigenvalue weighted by Crippen LogP contribution is 2.08. The van der Waals surface area contributed by atoms with Gasteiger partial charge in [0.15, 0.2) is 0 Å². The molecule has 0 bridgehead atoms. The second-order valence-electron chi connectivity index (χ2n) is 5.31. The molecule has 0 saturated heterocycles. The molecule has 0 radical (unpaired) electrons. The van der Waals surface area contributed by atoms with Crippen molar-refractivity contribution in [3.63, 3.8) is 0 Å². The van der Waals surface area contributed by atoms with Crippen molar-refractivity contribution in [2.24, 2.45) is 5.73 Å². The van der Waals surface area contributed by atoms with Crippen molar-refractivity contribution in [1.29, 1.82) is 0 Å². The highest BCUT2D eigenvalue weighted by atomic mass is 16.1. The van der Waals surface area contributed by atoms with Gasteiger partial charge in [0.25, 0.3) is 0 Å². The number of nitrogens with one attached hydrogen (secondary N) is 1. The van der Waals surface area contributed by atoms with Crippen molar-refractivity contribution in [3.8, 4) is 0 Å². The van der Waals surface area contributed by atoms with Crippen LogP contribution in [0.3, 0.4) is 0 Å². The first-order valence-corrected chi connectivity index (χ1v) is 7.16. The van der Waals surface area contributed by atoms with Gasteiger partial charge in [-0.1, -0.05) is 29.8 Å². The van der Waals surface area contributed by atoms with Gasteiger partial charge in [-0.25, -0.2) is 0 Å². The molecule has 0 aliphatic heterocycles. The fourth-order valence-corrected chi connectivity index (χ4v) is 1.90. The molecule has 0 aliphatic carbocycles. The molecule has 19 heavy (non-hydrogen) atoms. The van der Waals surface area contributed by atoms with Crippen LogP contribution in [0.5, 0.6) is 0 Å². The molecule has 1 atom stereocenters. The minimum Gasteiger partial charge on any atom is -0.356 e. The number of carbonyl (C=O) groups excluding carboxylic acids is 1. The smallest absolute Gasteiger partial charge is 0.219 e. The van der Waals surface area contributed by atoms with Crippen LogP contribution in [-0.2, 0) is 11.2 Å². The van der Waals surface area contributed by atoms with Crippen LogP contribution in [-0.4, -0.2) is 18.5 Å². The van der Waals surface area contributed by atoms with Gasteiger partial charge in [-0.2, -0.15) is 0 Å². The van der Waals surface area contributed by atoms with Gasteiger partial charge in [-0.3, -0.25) is 4.79 Å². The number of nitrogens with two attached hydrogens (primary N) is 1. The molecule has 1 aromatic rings. The Labute approximate surface area is 116 Å². The molecule has 3 heteroatoms. The zero-order chi connectivity index (χ0) is 14.1. The van der Waals surface area contributed by atoms with Crippen LogP contribution in [0, 0.1) is 6.92 Å². The molecule has 1 rings (SSSR count). The number of aryl methyl sites for hydroxylation is 2. The maximum Gasteiger partial charge on any atom is 0.219 e. The zero-order valence-corrected chi connectivity index (χ0v) is 12.1. The summed E-state index contributed by atoms with van der Waals surface area (Å²) in [6, 6.07) is 8.75. The van der Waals surface area contributed by atoms with Gasteiger partial charge in [0.1, 0.15) is 0 Å². The minimum absolute atomic E-state index is 0.143. The van der Waals surface area contributed by atoms with E-state index in [9.17, 15) is 4.79 Å². The number of carbonyl (C=O) groups is 1. The van der Waals surface area contributed by atoms with Crippen molar-refractivity contribution in [1.82, 2.24) is 5.32 Å². The first kappa shape index (κ1) is 15.7. The second-order valence-corrected chi connectivity index (χ2v) is 5.31. The van der Waals surface area contributed by atoms with E-state index < -0.39 is 0 Å². The molecule has 106 valence electrons. The van der Waals surface area contributed by atoms with Gasteiger partial charge in [-0.05, 0) is 45.1 Å². The number of unbranched alkanes of at least 4 members (excludes halogenated alkanes) is 1. The Morgan fingerprint density at radius 1 is 1.26 bits per heavy atom. The van der Waals surface area contributed by atoms with Crippen LogP contribution in [0.15, 0.2) is 24.3 Å². The van der Waals surface area contributed by atoms with Crippen LogP contribution in [0.1, 0.15) is 43.7 Å². The van der Waals surface area contributed by atoms with Crippen molar-refractivity contribution in [2.45, 2.75) is 52.0 Å². The lowest BCUT2D eigenvalue weighted by atomic mass is 10.1. The van der Waals surface area contributed by atoms with Crippen molar-refractivity contribution >= 4 is 5.91 Å². The van der Waals surface area contributed by atoms with Crippen LogP contribution >= 0.6 is 0 Å². The molecule has 0 fully saturated rings. The number of hydrogen-bond acceptors (Lipinski definition) is 2. The SMILES string of the molecule is Cc1ccc(CCCCC(=O)NCCC(C)N)cc1. The molecule has 1 amide bonds. The lowest BCUT2D eigenvalue weighted by Gasteiger charge is -2.07. The summed E-state index contributed by atoms with van der Waals surface area (Å²) in [7, 11) is 0. The van der Waals surface area contributed by atoms with Crippen molar-refractivity contribution in [3.05, 3.63) is 35.4 Å². The third-order valence-electron chi connectivity index (χ3n) is 3.16. The van der Waals surface area contributed by atoms with E-state index in [1.54, 1.807) is 0 Å². The summed E-state index contributed by atoms with van der Waals surface area (Å²) in [6.07, 6.45) is 4.51. The molecule has 0 aromatic heterocycles. The number of rotatable bonds is 8. The summed E-state index contributed by atoms with van der Waals surface area (Å²) < 4.78 is 0. The summed E-state index contributed by atoms with van der Waals surface area (Å²) in [5.74, 6) is 0.143. The molecule has 0 spiro atoms. The van der Waals surface area contributed by atoms with Crippen LogP contribution in [0.25, 0.3) is 0 Å². The molecule has 0 aliphatic rings. The van der Waals surface area contributed by atoms with E-state index >= 15 is 0 Å². The Kier molecular flexibility index (Phi) is 7.19. The fourth-order valence-electron chi connectivity index (χ4n) is 1.90. The molecule has 3 N–H and O–H groups in total. The predicted octanol–water partition coefficient (Wildman–Crippen LogP) is 2.56. The molecule has 3 nitrogen and oxygen atoms in total. The standard InChI is InChI=1S/C16H26N2O/c1-13-7-9-15(10-8-13)5-3-4-6-16(19)18-12-11-14(2)17/h7-10,14H,3-6,11-12,17H2,1-2H3,(H,18,19). The first-order valence-electron chi connectivity index (χ1n) is 7.16. The van der Waals surface area contributed by atoms with Gasteiger partial charge in [0.2, 0.25) is 5.91 Å². The maximum absolute atomic E-state index is 11.5. The van der Waals surface area contributed by atoms with Gasteiger partial charge in [0, 0.05) is 19.0 Å². The predicted molar refractivity (Wildman–Crippen MR) is 80.0 cm³/mol. The first-order chi connectivity index (χ1) is 9.08. The van der Waals surface area contributed by atoms with E-state index in [0.717, 1.165) is 25.7 Å². The summed E-state index contributed by atoms with van der Waals surface area (Å²) in [5.41, 5.74) is 8.26. The maximum atomic E-state index is 11.5. The molecule has 0 heterocycles. The lowest BCUT2D eigenvalue weighted by molar-refractivity contribution is -0.121. The molecular formula is C16H26N2O. The summed E-state index contributed by atoms with van der Waals surface area (Å²) in [5, 5.41) is 2.90. The zero-order valence-electron chi connectivity index (χ0n) is 12.1. The molecular weight excluding hydrogens is 236 g/mol. The summed E-state index contributed by atoms with van der Waals surface area (Å²) >= 11 is 0. The number of benzene rings is 1. The van der Waals surface area contributed by atoms with E-state index in [0.29, 0.717) is 13.0 Å². The highest BCUT2D eigenvalue weighted by Gasteiger charge is 2.01. The third-order valence-corrected chi connectivity index (χ3v) is 3.16.